The van der Waals surface area contributed by atoms with Crippen LogP contribution in [0.5, 0.6) is 11.5 Å². The fraction of sp³-hybridized carbons (Fsp3) is 0.0435. The Morgan fingerprint density at radius 2 is 1.20 bits per heavy atom. The molecule has 122 valence electrons. The van der Waals surface area contributed by atoms with Crippen LogP contribution in [-0.4, -0.2) is 10.2 Å². The molecule has 2 heteroatoms. The Morgan fingerprint density at radius 3 is 1.88 bits per heavy atom. The average molecular weight is 326 g/mol. The van der Waals surface area contributed by atoms with E-state index in [4.69, 9.17) is 0 Å². The Labute approximate surface area is 146 Å². The largest absolute Gasteiger partial charge is 0.508 e. The van der Waals surface area contributed by atoms with Gasteiger partial charge in [-0.05, 0) is 63.7 Å². The summed E-state index contributed by atoms with van der Waals surface area (Å²) < 4.78 is 0. The van der Waals surface area contributed by atoms with Crippen LogP contribution in [0.3, 0.4) is 0 Å². The van der Waals surface area contributed by atoms with E-state index in [-0.39, 0.29) is 11.5 Å². The molecule has 0 saturated heterocycles. The van der Waals surface area contributed by atoms with Crippen LogP contribution in [0, 0.1) is 0 Å². The molecule has 4 aromatic rings. The third-order valence-corrected chi connectivity index (χ3v) is 4.50. The van der Waals surface area contributed by atoms with Crippen LogP contribution in [0.1, 0.15) is 11.1 Å². The Morgan fingerprint density at radius 1 is 0.600 bits per heavy atom. The highest BCUT2D eigenvalue weighted by Crippen LogP contribution is 2.33. The van der Waals surface area contributed by atoms with E-state index in [1.807, 2.05) is 24.3 Å². The Balaban J connectivity index is 1.87. The fourth-order valence-corrected chi connectivity index (χ4v) is 3.28. The Bertz CT molecular complexity index is 1010. The van der Waals surface area contributed by atoms with E-state index in [1.165, 1.54) is 16.3 Å². The zero-order chi connectivity index (χ0) is 17.2. The molecule has 0 heterocycles. The zero-order valence-corrected chi connectivity index (χ0v) is 13.7. The van der Waals surface area contributed by atoms with Gasteiger partial charge >= 0.3 is 0 Å². The van der Waals surface area contributed by atoms with Gasteiger partial charge in [0.15, 0.2) is 0 Å². The Hall–Kier alpha value is -3.26. The highest BCUT2D eigenvalue weighted by molar-refractivity contribution is 5.99. The molecule has 0 spiro atoms. The fourth-order valence-electron chi connectivity index (χ4n) is 3.28. The van der Waals surface area contributed by atoms with E-state index in [1.54, 1.807) is 24.3 Å². The van der Waals surface area contributed by atoms with Crippen molar-refractivity contribution in [2.24, 2.45) is 0 Å². The molecular formula is C23H18O2. The molecule has 25 heavy (non-hydrogen) atoms. The van der Waals surface area contributed by atoms with Gasteiger partial charge in [-0.2, -0.15) is 0 Å². The van der Waals surface area contributed by atoms with Gasteiger partial charge in [0.1, 0.15) is 11.5 Å². The summed E-state index contributed by atoms with van der Waals surface area (Å²) in [7, 11) is 0. The van der Waals surface area contributed by atoms with Crippen LogP contribution in [0.15, 0.2) is 84.9 Å². The summed E-state index contributed by atoms with van der Waals surface area (Å²) in [6.07, 6.45) is 0.798. The molecule has 0 atom stereocenters. The number of benzene rings is 4. The van der Waals surface area contributed by atoms with Gasteiger partial charge in [-0.15, -0.1) is 0 Å². The molecule has 0 fully saturated rings. The monoisotopic (exact) mass is 326 g/mol. The number of phenols is 2. The molecule has 4 aromatic carbocycles. The number of phenolic OH excluding ortho intramolecular Hbond substituents is 2. The first-order valence-electron chi connectivity index (χ1n) is 8.29. The van der Waals surface area contributed by atoms with E-state index in [0.29, 0.717) is 0 Å². The van der Waals surface area contributed by atoms with Crippen molar-refractivity contribution >= 4 is 10.8 Å². The molecule has 0 aliphatic carbocycles. The van der Waals surface area contributed by atoms with Gasteiger partial charge in [0.2, 0.25) is 0 Å². The lowest BCUT2D eigenvalue weighted by atomic mass is 9.92. The number of hydrogen-bond donors (Lipinski definition) is 2. The molecule has 0 aliphatic heterocycles. The number of fused-ring (bicyclic) bond motifs is 1. The van der Waals surface area contributed by atoms with Crippen molar-refractivity contribution in [1.29, 1.82) is 0 Å². The van der Waals surface area contributed by atoms with Gasteiger partial charge in [-0.25, -0.2) is 0 Å². The van der Waals surface area contributed by atoms with E-state index in [0.717, 1.165) is 23.1 Å². The van der Waals surface area contributed by atoms with Crippen LogP contribution in [0.4, 0.5) is 0 Å². The minimum absolute atomic E-state index is 0.272. The first-order valence-corrected chi connectivity index (χ1v) is 8.29. The molecular weight excluding hydrogens is 308 g/mol. The van der Waals surface area contributed by atoms with Crippen molar-refractivity contribution in [3.63, 3.8) is 0 Å². The summed E-state index contributed by atoms with van der Waals surface area (Å²) in [5.74, 6) is 0.555. The first kappa shape index (κ1) is 15.3. The molecule has 0 amide bonds. The van der Waals surface area contributed by atoms with E-state index in [9.17, 15) is 10.2 Å². The third-order valence-electron chi connectivity index (χ3n) is 4.50. The predicted molar refractivity (Wildman–Crippen MR) is 102 cm³/mol. The van der Waals surface area contributed by atoms with Crippen molar-refractivity contribution in [3.05, 3.63) is 96.1 Å². The molecule has 0 unspecified atom stereocenters. The third kappa shape index (κ3) is 3.07. The lowest BCUT2D eigenvalue weighted by Crippen LogP contribution is -1.92. The normalized spacial score (nSPS) is 10.9. The highest BCUT2D eigenvalue weighted by Gasteiger charge is 2.09. The number of aromatic hydroxyl groups is 2. The number of rotatable bonds is 3. The number of hydrogen-bond acceptors (Lipinski definition) is 2. The predicted octanol–water partition coefficient (Wildman–Crippen LogP) is 5.51. The van der Waals surface area contributed by atoms with Crippen LogP contribution in [-0.2, 0) is 6.42 Å². The Kier molecular flexibility index (Phi) is 3.87. The average Bonchev–Trinajstić information content (AvgIpc) is 2.64. The lowest BCUT2D eigenvalue weighted by molar-refractivity contribution is 0.474. The second-order valence-electron chi connectivity index (χ2n) is 6.21. The van der Waals surface area contributed by atoms with Gasteiger partial charge in [0.25, 0.3) is 0 Å². The summed E-state index contributed by atoms with van der Waals surface area (Å²) in [4.78, 5) is 0. The highest BCUT2D eigenvalue weighted by atomic mass is 16.3. The molecule has 2 nitrogen and oxygen atoms in total. The molecule has 0 radical (unpaired) electrons. The second-order valence-corrected chi connectivity index (χ2v) is 6.21. The summed E-state index contributed by atoms with van der Waals surface area (Å²) >= 11 is 0. The topological polar surface area (TPSA) is 40.5 Å². The zero-order valence-electron chi connectivity index (χ0n) is 13.7. The SMILES string of the molecule is Oc1ccc(Cc2cccc3cccc(-c4ccc(O)cc4)c23)cc1. The van der Waals surface area contributed by atoms with Gasteiger partial charge in [-0.1, -0.05) is 60.7 Å². The summed E-state index contributed by atoms with van der Waals surface area (Å²) in [6, 6.07) is 27.4. The van der Waals surface area contributed by atoms with E-state index < -0.39 is 0 Å². The lowest BCUT2D eigenvalue weighted by Gasteiger charge is -2.13. The summed E-state index contributed by atoms with van der Waals surface area (Å²) in [6.45, 7) is 0. The minimum atomic E-state index is 0.272. The standard InChI is InChI=1S/C23H18O2/c24-20-11-7-16(8-12-20)15-19-5-1-3-18-4-2-6-22(23(18)19)17-9-13-21(25)14-10-17/h1-14,24-25H,15H2. The quantitative estimate of drug-likeness (QED) is 0.521. The van der Waals surface area contributed by atoms with Crippen molar-refractivity contribution in [3.8, 4) is 22.6 Å². The summed E-state index contributed by atoms with van der Waals surface area (Å²) in [5, 5.41) is 21.5. The van der Waals surface area contributed by atoms with Gasteiger partial charge < -0.3 is 10.2 Å². The van der Waals surface area contributed by atoms with Crippen molar-refractivity contribution < 1.29 is 10.2 Å². The smallest absolute Gasteiger partial charge is 0.115 e. The van der Waals surface area contributed by atoms with Crippen LogP contribution >= 0.6 is 0 Å². The maximum atomic E-state index is 9.57. The molecule has 0 bridgehead atoms. The van der Waals surface area contributed by atoms with Gasteiger partial charge in [0.05, 0.1) is 0 Å². The van der Waals surface area contributed by atoms with Gasteiger partial charge in [0, 0.05) is 0 Å². The molecule has 4 rings (SSSR count). The van der Waals surface area contributed by atoms with Crippen molar-refractivity contribution in [2.45, 2.75) is 6.42 Å². The summed E-state index contributed by atoms with van der Waals surface area (Å²) in [5.41, 5.74) is 4.64. The first-order chi connectivity index (χ1) is 12.2. The minimum Gasteiger partial charge on any atom is -0.508 e. The maximum absolute atomic E-state index is 9.57. The van der Waals surface area contributed by atoms with E-state index >= 15 is 0 Å². The van der Waals surface area contributed by atoms with Crippen LogP contribution < -0.4 is 0 Å². The van der Waals surface area contributed by atoms with Crippen LogP contribution in [0.25, 0.3) is 21.9 Å². The molecule has 2 N–H and O–H groups in total. The van der Waals surface area contributed by atoms with E-state index in [2.05, 4.69) is 36.4 Å². The molecule has 0 aromatic heterocycles. The molecule has 0 saturated carbocycles. The second kappa shape index (κ2) is 6.33. The molecule has 0 aliphatic rings. The maximum Gasteiger partial charge on any atom is 0.115 e. The van der Waals surface area contributed by atoms with Crippen LogP contribution in [0.2, 0.25) is 0 Å². The van der Waals surface area contributed by atoms with Crippen molar-refractivity contribution in [2.75, 3.05) is 0 Å². The van der Waals surface area contributed by atoms with Gasteiger partial charge in [-0.3, -0.25) is 0 Å². The van der Waals surface area contributed by atoms with Crippen molar-refractivity contribution in [1.82, 2.24) is 0 Å².